The Kier molecular flexibility index (Phi) is 1.98. The number of carbonyl (C=O) groups is 1. The van der Waals surface area contributed by atoms with Crippen molar-refractivity contribution in [3.05, 3.63) is 24.0 Å². The van der Waals surface area contributed by atoms with E-state index in [-0.39, 0.29) is 11.9 Å². The molecule has 1 aromatic rings. The molecule has 0 aliphatic rings. The summed E-state index contributed by atoms with van der Waals surface area (Å²) < 4.78 is 1.85. The number of nitrogens with zero attached hydrogens (tertiary/aromatic N) is 1. The van der Waals surface area contributed by atoms with Crippen molar-refractivity contribution in [1.29, 1.82) is 0 Å². The predicted octanol–water partition coefficient (Wildman–Crippen LogP) is 1.17. The SMILES string of the molecule is CC(C)n1cccc1C(N)=O. The summed E-state index contributed by atoms with van der Waals surface area (Å²) in [6, 6.07) is 3.83. The maximum atomic E-state index is 10.8. The minimum Gasteiger partial charge on any atom is -0.364 e. The molecule has 2 N–H and O–H groups in total. The van der Waals surface area contributed by atoms with Crippen molar-refractivity contribution in [2.75, 3.05) is 0 Å². The Labute approximate surface area is 65.8 Å². The fourth-order valence-corrected chi connectivity index (χ4v) is 1.05. The Morgan fingerprint density at radius 1 is 1.64 bits per heavy atom. The van der Waals surface area contributed by atoms with Gasteiger partial charge < -0.3 is 10.3 Å². The van der Waals surface area contributed by atoms with Crippen molar-refractivity contribution in [3.63, 3.8) is 0 Å². The van der Waals surface area contributed by atoms with Crippen molar-refractivity contribution in [2.24, 2.45) is 5.73 Å². The molecule has 0 saturated heterocycles. The molecule has 0 radical (unpaired) electrons. The van der Waals surface area contributed by atoms with Crippen LogP contribution in [0.15, 0.2) is 18.3 Å². The van der Waals surface area contributed by atoms with E-state index in [4.69, 9.17) is 5.73 Å². The van der Waals surface area contributed by atoms with Crippen LogP contribution in [0.2, 0.25) is 0 Å². The first-order valence-corrected chi connectivity index (χ1v) is 3.59. The molecule has 3 heteroatoms. The number of primary amides is 1. The predicted molar refractivity (Wildman–Crippen MR) is 43.3 cm³/mol. The van der Waals surface area contributed by atoms with Gasteiger partial charge in [0.15, 0.2) is 0 Å². The first kappa shape index (κ1) is 7.85. The standard InChI is InChI=1S/C8H12N2O/c1-6(2)10-5-3-4-7(10)8(9)11/h3-6H,1-2H3,(H2,9,11). The van der Waals surface area contributed by atoms with E-state index in [1.165, 1.54) is 0 Å². The summed E-state index contributed by atoms with van der Waals surface area (Å²) in [6.45, 7) is 4.01. The summed E-state index contributed by atoms with van der Waals surface area (Å²) in [5, 5.41) is 0. The molecule has 3 nitrogen and oxygen atoms in total. The van der Waals surface area contributed by atoms with E-state index in [1.54, 1.807) is 6.07 Å². The molecular formula is C8H12N2O. The average molecular weight is 152 g/mol. The second-order valence-electron chi connectivity index (χ2n) is 2.76. The van der Waals surface area contributed by atoms with Crippen LogP contribution in [0.3, 0.4) is 0 Å². The highest BCUT2D eigenvalue weighted by atomic mass is 16.1. The van der Waals surface area contributed by atoms with E-state index >= 15 is 0 Å². The Bertz CT molecular complexity index is 263. The third kappa shape index (κ3) is 1.42. The number of aromatic nitrogens is 1. The fourth-order valence-electron chi connectivity index (χ4n) is 1.05. The van der Waals surface area contributed by atoms with Gasteiger partial charge in [0.2, 0.25) is 0 Å². The summed E-state index contributed by atoms with van der Waals surface area (Å²) in [6.07, 6.45) is 1.85. The van der Waals surface area contributed by atoms with Crippen molar-refractivity contribution in [1.82, 2.24) is 4.57 Å². The summed E-state index contributed by atoms with van der Waals surface area (Å²) in [4.78, 5) is 10.8. The maximum Gasteiger partial charge on any atom is 0.265 e. The van der Waals surface area contributed by atoms with E-state index < -0.39 is 0 Å². The topological polar surface area (TPSA) is 48.0 Å². The van der Waals surface area contributed by atoms with Gasteiger partial charge in [-0.25, -0.2) is 0 Å². The van der Waals surface area contributed by atoms with Crippen LogP contribution in [0.25, 0.3) is 0 Å². The molecule has 1 heterocycles. The summed E-state index contributed by atoms with van der Waals surface area (Å²) in [5.41, 5.74) is 5.71. The van der Waals surface area contributed by atoms with E-state index in [9.17, 15) is 4.79 Å². The van der Waals surface area contributed by atoms with Crippen molar-refractivity contribution in [3.8, 4) is 0 Å². The molecule has 0 bridgehead atoms. The van der Waals surface area contributed by atoms with Gasteiger partial charge in [0.05, 0.1) is 0 Å². The second-order valence-corrected chi connectivity index (χ2v) is 2.76. The van der Waals surface area contributed by atoms with E-state index in [0.717, 1.165) is 0 Å². The molecular weight excluding hydrogens is 140 g/mol. The summed E-state index contributed by atoms with van der Waals surface area (Å²) in [5.74, 6) is -0.372. The number of nitrogens with two attached hydrogens (primary N) is 1. The number of hydrogen-bond acceptors (Lipinski definition) is 1. The molecule has 0 aliphatic carbocycles. The monoisotopic (exact) mass is 152 g/mol. The minimum absolute atomic E-state index is 0.285. The summed E-state index contributed by atoms with van der Waals surface area (Å²) >= 11 is 0. The molecule has 1 amide bonds. The number of hydrogen-bond donors (Lipinski definition) is 1. The van der Waals surface area contributed by atoms with Gasteiger partial charge in [-0.1, -0.05) is 0 Å². The molecule has 1 rings (SSSR count). The molecule has 0 spiro atoms. The third-order valence-electron chi connectivity index (χ3n) is 1.59. The highest BCUT2D eigenvalue weighted by Gasteiger charge is 2.07. The molecule has 1 aromatic heterocycles. The van der Waals surface area contributed by atoms with Crippen molar-refractivity contribution in [2.45, 2.75) is 19.9 Å². The van der Waals surface area contributed by atoms with Gasteiger partial charge in [-0.15, -0.1) is 0 Å². The van der Waals surface area contributed by atoms with Crippen LogP contribution in [-0.4, -0.2) is 10.5 Å². The minimum atomic E-state index is -0.372. The normalized spacial score (nSPS) is 10.5. The number of amides is 1. The highest BCUT2D eigenvalue weighted by Crippen LogP contribution is 2.09. The smallest absolute Gasteiger partial charge is 0.265 e. The largest absolute Gasteiger partial charge is 0.364 e. The maximum absolute atomic E-state index is 10.8. The third-order valence-corrected chi connectivity index (χ3v) is 1.59. The van der Waals surface area contributed by atoms with Crippen molar-refractivity contribution < 1.29 is 4.79 Å². The Morgan fingerprint density at radius 3 is 2.64 bits per heavy atom. The second kappa shape index (κ2) is 2.78. The molecule has 0 saturated carbocycles. The lowest BCUT2D eigenvalue weighted by Crippen LogP contribution is -2.17. The molecule has 0 atom stereocenters. The van der Waals surface area contributed by atoms with Gasteiger partial charge in [-0.3, -0.25) is 4.79 Å². The molecule has 0 aromatic carbocycles. The first-order chi connectivity index (χ1) is 5.13. The first-order valence-electron chi connectivity index (χ1n) is 3.59. The van der Waals surface area contributed by atoms with E-state index in [0.29, 0.717) is 5.69 Å². The van der Waals surface area contributed by atoms with Crippen LogP contribution in [0.1, 0.15) is 30.4 Å². The van der Waals surface area contributed by atoms with Crippen LogP contribution in [-0.2, 0) is 0 Å². The summed E-state index contributed by atoms with van der Waals surface area (Å²) in [7, 11) is 0. The lowest BCUT2D eigenvalue weighted by Gasteiger charge is -2.09. The number of carbonyl (C=O) groups excluding carboxylic acids is 1. The Hall–Kier alpha value is -1.25. The quantitative estimate of drug-likeness (QED) is 0.679. The van der Waals surface area contributed by atoms with E-state index in [2.05, 4.69) is 0 Å². The van der Waals surface area contributed by atoms with Gasteiger partial charge in [0.1, 0.15) is 5.69 Å². The van der Waals surface area contributed by atoms with Gasteiger partial charge in [0, 0.05) is 12.2 Å². The number of rotatable bonds is 2. The molecule has 0 aliphatic heterocycles. The van der Waals surface area contributed by atoms with Gasteiger partial charge in [-0.2, -0.15) is 0 Å². The Balaban J connectivity index is 3.06. The average Bonchev–Trinajstić information content (AvgIpc) is 2.32. The zero-order chi connectivity index (χ0) is 8.43. The van der Waals surface area contributed by atoms with Crippen LogP contribution < -0.4 is 5.73 Å². The lowest BCUT2D eigenvalue weighted by atomic mass is 10.3. The Morgan fingerprint density at radius 2 is 2.27 bits per heavy atom. The molecule has 0 fully saturated rings. The lowest BCUT2D eigenvalue weighted by molar-refractivity contribution is 0.0990. The molecule has 11 heavy (non-hydrogen) atoms. The zero-order valence-corrected chi connectivity index (χ0v) is 6.74. The van der Waals surface area contributed by atoms with Gasteiger partial charge in [-0.05, 0) is 26.0 Å². The zero-order valence-electron chi connectivity index (χ0n) is 6.74. The van der Waals surface area contributed by atoms with Crippen LogP contribution in [0.5, 0.6) is 0 Å². The van der Waals surface area contributed by atoms with Gasteiger partial charge >= 0.3 is 0 Å². The van der Waals surface area contributed by atoms with Crippen molar-refractivity contribution >= 4 is 5.91 Å². The molecule has 0 unspecified atom stereocenters. The van der Waals surface area contributed by atoms with E-state index in [1.807, 2.05) is 30.7 Å². The van der Waals surface area contributed by atoms with Gasteiger partial charge in [0.25, 0.3) is 5.91 Å². The highest BCUT2D eigenvalue weighted by molar-refractivity contribution is 5.91. The van der Waals surface area contributed by atoms with Crippen LogP contribution in [0, 0.1) is 0 Å². The van der Waals surface area contributed by atoms with Crippen LogP contribution in [0.4, 0.5) is 0 Å². The molecule has 60 valence electrons. The fraction of sp³-hybridized carbons (Fsp3) is 0.375. The van der Waals surface area contributed by atoms with Crippen LogP contribution >= 0.6 is 0 Å².